The van der Waals surface area contributed by atoms with Crippen LogP contribution in [0.5, 0.6) is 5.75 Å². The van der Waals surface area contributed by atoms with Crippen LogP contribution in [0, 0.1) is 17.8 Å². The first-order chi connectivity index (χ1) is 19.7. The molecule has 2 aromatic rings. The summed E-state index contributed by atoms with van der Waals surface area (Å²) in [6.07, 6.45) is 4.94. The number of aliphatic carboxylic acids is 1. The smallest absolute Gasteiger partial charge is 0.303 e. The molecule has 2 amide bonds. The Morgan fingerprint density at radius 2 is 1.78 bits per heavy atom. The number of phenolic OH excluding ortho intramolecular Hbond substituents is 1. The third kappa shape index (κ3) is 6.54. The Morgan fingerprint density at radius 3 is 2.46 bits per heavy atom. The first kappa shape index (κ1) is 30.5. The molecule has 0 unspecified atom stereocenters. The first-order valence-electron chi connectivity index (χ1n) is 14.6. The fraction of sp³-hybridized carbons (Fsp3) is 0.485. The van der Waals surface area contributed by atoms with Crippen LogP contribution in [0.4, 0.5) is 0 Å². The number of aliphatic hydroxyl groups excluding tert-OH is 2. The largest absolute Gasteiger partial charge is 0.507 e. The highest BCUT2D eigenvalue weighted by atomic mass is 16.4. The number of nitrogens with zero attached hydrogens (tertiary/aromatic N) is 1. The highest BCUT2D eigenvalue weighted by Crippen LogP contribution is 2.47. The molecule has 8 nitrogen and oxygen atoms in total. The van der Waals surface area contributed by atoms with Crippen molar-refractivity contribution in [2.24, 2.45) is 17.8 Å². The summed E-state index contributed by atoms with van der Waals surface area (Å²) in [7, 11) is 0. The number of hydrogen-bond acceptors (Lipinski definition) is 6. The summed E-state index contributed by atoms with van der Waals surface area (Å²) < 4.78 is 0. The van der Waals surface area contributed by atoms with E-state index in [2.05, 4.69) is 6.08 Å². The molecule has 2 aromatic carbocycles. The van der Waals surface area contributed by atoms with Gasteiger partial charge in [0.1, 0.15) is 5.75 Å². The lowest BCUT2D eigenvalue weighted by Gasteiger charge is -2.36. The number of hydrogen-bond donors (Lipinski definition) is 4. The van der Waals surface area contributed by atoms with Crippen LogP contribution in [0.2, 0.25) is 0 Å². The molecule has 4 atom stereocenters. The fourth-order valence-electron chi connectivity index (χ4n) is 6.60. The van der Waals surface area contributed by atoms with E-state index in [0.29, 0.717) is 50.5 Å². The zero-order chi connectivity index (χ0) is 29.7. The molecule has 1 fully saturated rings. The number of carbonyl (C=O) groups is 3. The van der Waals surface area contributed by atoms with Gasteiger partial charge in [0.25, 0.3) is 0 Å². The topological polar surface area (TPSA) is 135 Å². The maximum absolute atomic E-state index is 13.4. The maximum Gasteiger partial charge on any atom is 0.303 e. The minimum atomic E-state index is -0.862. The summed E-state index contributed by atoms with van der Waals surface area (Å²) in [5.41, 5.74) is 3.66. The van der Waals surface area contributed by atoms with Crippen LogP contribution in [-0.2, 0) is 14.4 Å². The van der Waals surface area contributed by atoms with Gasteiger partial charge in [-0.05, 0) is 68.0 Å². The predicted molar refractivity (Wildman–Crippen MR) is 157 cm³/mol. The maximum atomic E-state index is 13.4. The standard InChI is InChI=1S/C33H41NO7/c1-3-21-18-25-31(33(41)34(32(25)40)16-8-4-5-11-29(38)39)26(19-35)30(21)28(37)14-12-20(2)17-22-13-15-27(36)24-10-7-6-9-23(22)24/h6-7,9-10,13,15,17,25-26,28,31,35-37H,3-5,8,11-12,14,16,18-19H2,1-2H3,(H,38,39)/b20-17+/t25-,26+,28-,31-/m1/s1. The molecular weight excluding hydrogens is 522 g/mol. The van der Waals surface area contributed by atoms with Crippen LogP contribution in [0.15, 0.2) is 53.1 Å². The molecular formula is C33H41NO7. The Kier molecular flexibility index (Phi) is 9.99. The van der Waals surface area contributed by atoms with Crippen LogP contribution in [0.25, 0.3) is 16.8 Å². The summed E-state index contributed by atoms with van der Waals surface area (Å²) in [6, 6.07) is 11.2. The van der Waals surface area contributed by atoms with Crippen LogP contribution in [0.3, 0.4) is 0 Å². The van der Waals surface area contributed by atoms with E-state index >= 15 is 0 Å². The van der Waals surface area contributed by atoms with E-state index in [4.69, 9.17) is 5.11 Å². The molecule has 0 spiro atoms. The number of phenols is 1. The third-order valence-electron chi connectivity index (χ3n) is 8.68. The van der Waals surface area contributed by atoms with E-state index in [1.165, 1.54) is 4.90 Å². The lowest BCUT2D eigenvalue weighted by Crippen LogP contribution is -2.39. The van der Waals surface area contributed by atoms with E-state index < -0.39 is 29.8 Å². The van der Waals surface area contributed by atoms with E-state index in [0.717, 1.165) is 27.5 Å². The summed E-state index contributed by atoms with van der Waals surface area (Å²) in [6.45, 7) is 3.89. The van der Waals surface area contributed by atoms with Gasteiger partial charge in [0.2, 0.25) is 11.8 Å². The van der Waals surface area contributed by atoms with E-state index in [1.54, 1.807) is 6.07 Å². The number of likely N-dealkylation sites (tertiary alicyclic amines) is 1. The number of imide groups is 1. The van der Waals surface area contributed by atoms with Gasteiger partial charge < -0.3 is 20.4 Å². The minimum absolute atomic E-state index is 0.0605. The van der Waals surface area contributed by atoms with Gasteiger partial charge in [0.15, 0.2) is 0 Å². The Labute approximate surface area is 241 Å². The van der Waals surface area contributed by atoms with Crippen LogP contribution < -0.4 is 0 Å². The summed E-state index contributed by atoms with van der Waals surface area (Å²) in [5.74, 6) is -2.99. The predicted octanol–water partition coefficient (Wildman–Crippen LogP) is 5.05. The molecule has 1 aliphatic heterocycles. The molecule has 0 radical (unpaired) electrons. The molecule has 0 bridgehead atoms. The molecule has 4 rings (SSSR count). The Morgan fingerprint density at radius 1 is 1.05 bits per heavy atom. The van der Waals surface area contributed by atoms with Crippen molar-refractivity contribution in [2.75, 3.05) is 13.2 Å². The number of benzene rings is 2. The van der Waals surface area contributed by atoms with Crippen molar-refractivity contribution in [2.45, 2.75) is 71.3 Å². The molecule has 41 heavy (non-hydrogen) atoms. The SMILES string of the molecule is CCC1=C([C@H](O)CC/C(C)=C/c2ccc(O)c3ccccc23)[C@H](CO)[C@@H]2C(=O)N(CCCCCC(=O)O)C(=O)[C@@H]2C1. The zero-order valence-corrected chi connectivity index (χ0v) is 23.9. The van der Waals surface area contributed by atoms with Crippen LogP contribution in [-0.4, -0.2) is 62.4 Å². The van der Waals surface area contributed by atoms with Gasteiger partial charge in [-0.1, -0.05) is 60.9 Å². The Bertz CT molecular complexity index is 1360. The van der Waals surface area contributed by atoms with Crippen molar-refractivity contribution in [3.05, 3.63) is 58.7 Å². The van der Waals surface area contributed by atoms with Crippen LogP contribution in [0.1, 0.15) is 70.8 Å². The molecule has 1 aliphatic carbocycles. The van der Waals surface area contributed by atoms with Gasteiger partial charge in [0, 0.05) is 24.3 Å². The lowest BCUT2D eigenvalue weighted by molar-refractivity contribution is -0.141. The fourth-order valence-corrected chi connectivity index (χ4v) is 6.60. The van der Waals surface area contributed by atoms with E-state index in [1.807, 2.05) is 44.2 Å². The number of fused-ring (bicyclic) bond motifs is 2. The minimum Gasteiger partial charge on any atom is -0.507 e. The van der Waals surface area contributed by atoms with Crippen molar-refractivity contribution in [1.29, 1.82) is 0 Å². The lowest BCUT2D eigenvalue weighted by atomic mass is 9.67. The molecule has 1 saturated heterocycles. The number of unbranched alkanes of at least 4 members (excludes halogenated alkanes) is 2. The van der Waals surface area contributed by atoms with E-state index in [-0.39, 0.29) is 37.1 Å². The number of aromatic hydroxyl groups is 1. The molecule has 0 saturated carbocycles. The second-order valence-corrected chi connectivity index (χ2v) is 11.3. The van der Waals surface area contributed by atoms with Gasteiger partial charge >= 0.3 is 5.97 Å². The van der Waals surface area contributed by atoms with Gasteiger partial charge in [0.05, 0.1) is 24.5 Å². The summed E-state index contributed by atoms with van der Waals surface area (Å²) >= 11 is 0. The van der Waals surface area contributed by atoms with Gasteiger partial charge in [-0.15, -0.1) is 0 Å². The summed E-state index contributed by atoms with van der Waals surface area (Å²) in [4.78, 5) is 38.7. The second-order valence-electron chi connectivity index (χ2n) is 11.3. The Balaban J connectivity index is 1.47. The van der Waals surface area contributed by atoms with Crippen molar-refractivity contribution in [1.82, 2.24) is 4.90 Å². The Hall–Kier alpha value is -3.49. The number of carboxylic acid groups (broad SMARTS) is 1. The highest BCUT2D eigenvalue weighted by Gasteiger charge is 2.54. The average molecular weight is 564 g/mol. The van der Waals surface area contributed by atoms with Crippen molar-refractivity contribution in [3.63, 3.8) is 0 Å². The number of aliphatic hydroxyl groups is 2. The van der Waals surface area contributed by atoms with Gasteiger partial charge in [-0.2, -0.15) is 0 Å². The second kappa shape index (κ2) is 13.4. The van der Waals surface area contributed by atoms with E-state index in [9.17, 15) is 29.7 Å². The quantitative estimate of drug-likeness (QED) is 0.152. The highest BCUT2D eigenvalue weighted by molar-refractivity contribution is 6.06. The van der Waals surface area contributed by atoms with Crippen molar-refractivity contribution in [3.8, 4) is 5.75 Å². The van der Waals surface area contributed by atoms with Gasteiger partial charge in [-0.3, -0.25) is 19.3 Å². The average Bonchev–Trinajstić information content (AvgIpc) is 3.20. The number of carbonyl (C=O) groups excluding carboxylic acids is 2. The molecule has 220 valence electrons. The normalized spacial score (nSPS) is 22.0. The monoisotopic (exact) mass is 563 g/mol. The van der Waals surface area contributed by atoms with Crippen LogP contribution >= 0.6 is 0 Å². The molecule has 4 N–H and O–H groups in total. The third-order valence-corrected chi connectivity index (χ3v) is 8.68. The molecule has 1 heterocycles. The molecule has 0 aromatic heterocycles. The van der Waals surface area contributed by atoms with Crippen molar-refractivity contribution >= 4 is 34.6 Å². The number of rotatable bonds is 13. The number of allylic oxidation sites excluding steroid dienone is 2. The molecule has 2 aliphatic rings. The first-order valence-corrected chi connectivity index (χ1v) is 14.6. The van der Waals surface area contributed by atoms with Crippen molar-refractivity contribution < 1.29 is 34.8 Å². The van der Waals surface area contributed by atoms with Gasteiger partial charge in [-0.25, -0.2) is 0 Å². The summed E-state index contributed by atoms with van der Waals surface area (Å²) in [5, 5.41) is 42.6. The number of carboxylic acids is 1. The number of amides is 2. The zero-order valence-electron chi connectivity index (χ0n) is 23.9. The molecule has 8 heteroatoms.